The first-order chi connectivity index (χ1) is 17.4. The van der Waals surface area contributed by atoms with Gasteiger partial charge in [0.1, 0.15) is 11.9 Å². The van der Waals surface area contributed by atoms with Crippen LogP contribution in [-0.4, -0.2) is 34.6 Å². The van der Waals surface area contributed by atoms with E-state index in [1.54, 1.807) is 23.1 Å². The molecule has 0 aliphatic rings. The van der Waals surface area contributed by atoms with Gasteiger partial charge in [0.05, 0.1) is 5.75 Å². The molecule has 0 saturated carbocycles. The number of thioether (sulfide) groups is 1. The highest BCUT2D eigenvalue weighted by Gasteiger charge is 2.31. The Labute approximate surface area is 218 Å². The normalized spacial score (nSPS) is 12.6. The van der Waals surface area contributed by atoms with Gasteiger partial charge in [0.25, 0.3) is 0 Å². The average Bonchev–Trinajstić information content (AvgIpc) is 2.87. The molecule has 0 radical (unpaired) electrons. The van der Waals surface area contributed by atoms with Gasteiger partial charge in [-0.1, -0.05) is 85.3 Å². The lowest BCUT2D eigenvalue weighted by molar-refractivity contribution is -0.139. The maximum Gasteiger partial charge on any atom is 0.243 e. The van der Waals surface area contributed by atoms with E-state index in [1.807, 2.05) is 75.4 Å². The van der Waals surface area contributed by atoms with E-state index in [0.29, 0.717) is 24.3 Å². The third-order valence-corrected chi connectivity index (χ3v) is 7.11. The summed E-state index contributed by atoms with van der Waals surface area (Å²) in [6, 6.07) is 23.7. The zero-order valence-electron chi connectivity index (χ0n) is 21.2. The molecule has 0 aromatic heterocycles. The molecule has 0 aliphatic heterocycles. The zero-order valence-corrected chi connectivity index (χ0v) is 22.1. The van der Waals surface area contributed by atoms with Crippen LogP contribution in [0.2, 0.25) is 0 Å². The van der Waals surface area contributed by atoms with Gasteiger partial charge in [-0.15, -0.1) is 11.8 Å². The van der Waals surface area contributed by atoms with Crippen molar-refractivity contribution in [2.75, 3.05) is 5.75 Å². The molecule has 0 fully saturated rings. The number of aryl methyl sites for hydroxylation is 1. The summed E-state index contributed by atoms with van der Waals surface area (Å²) in [5, 5.41) is 3.08. The molecule has 3 rings (SSSR count). The fourth-order valence-electron chi connectivity index (χ4n) is 3.95. The van der Waals surface area contributed by atoms with Gasteiger partial charge in [-0.3, -0.25) is 9.59 Å². The van der Waals surface area contributed by atoms with E-state index in [0.717, 1.165) is 23.1 Å². The predicted octanol–water partition coefficient (Wildman–Crippen LogP) is 5.92. The van der Waals surface area contributed by atoms with Crippen molar-refractivity contribution in [3.63, 3.8) is 0 Å². The largest absolute Gasteiger partial charge is 0.352 e. The first kappa shape index (κ1) is 27.5. The average molecular weight is 507 g/mol. The Morgan fingerprint density at radius 3 is 2.36 bits per heavy atom. The van der Waals surface area contributed by atoms with Crippen molar-refractivity contribution in [3.8, 4) is 0 Å². The Kier molecular flexibility index (Phi) is 10.6. The number of halogens is 1. The molecule has 0 heterocycles. The molecule has 0 unspecified atom stereocenters. The first-order valence-corrected chi connectivity index (χ1v) is 13.5. The van der Waals surface area contributed by atoms with Crippen LogP contribution in [0.15, 0.2) is 78.9 Å². The number of hydrogen-bond acceptors (Lipinski definition) is 3. The molecule has 3 aromatic carbocycles. The van der Waals surface area contributed by atoms with E-state index < -0.39 is 6.04 Å². The Bertz CT molecular complexity index is 1140. The van der Waals surface area contributed by atoms with Crippen LogP contribution in [0.1, 0.15) is 42.5 Å². The van der Waals surface area contributed by atoms with Crippen molar-refractivity contribution in [2.24, 2.45) is 0 Å². The van der Waals surface area contributed by atoms with Crippen molar-refractivity contribution in [3.05, 3.63) is 107 Å². The summed E-state index contributed by atoms with van der Waals surface area (Å²) >= 11 is 1.36. The molecule has 2 amide bonds. The molecule has 3 aromatic rings. The highest BCUT2D eigenvalue weighted by Crippen LogP contribution is 2.20. The van der Waals surface area contributed by atoms with Crippen molar-refractivity contribution in [1.29, 1.82) is 0 Å². The number of carbonyl (C=O) groups is 2. The van der Waals surface area contributed by atoms with Crippen LogP contribution in [0.3, 0.4) is 0 Å². The number of rotatable bonds is 12. The van der Waals surface area contributed by atoms with Crippen LogP contribution in [0, 0.1) is 12.7 Å². The van der Waals surface area contributed by atoms with Gasteiger partial charge in [-0.25, -0.2) is 4.39 Å². The zero-order chi connectivity index (χ0) is 25.9. The minimum absolute atomic E-state index is 0.00197. The second-order valence-electron chi connectivity index (χ2n) is 9.12. The van der Waals surface area contributed by atoms with Crippen molar-refractivity contribution >= 4 is 23.6 Å². The molecule has 6 heteroatoms. The maximum absolute atomic E-state index is 14.1. The molecule has 0 bridgehead atoms. The molecule has 4 nitrogen and oxygen atoms in total. The first-order valence-electron chi connectivity index (χ1n) is 12.4. The van der Waals surface area contributed by atoms with E-state index in [9.17, 15) is 14.0 Å². The van der Waals surface area contributed by atoms with Gasteiger partial charge in [0, 0.05) is 24.8 Å². The second kappa shape index (κ2) is 13.8. The highest BCUT2D eigenvalue weighted by molar-refractivity contribution is 7.99. The molecule has 0 aliphatic carbocycles. The molecular weight excluding hydrogens is 471 g/mol. The van der Waals surface area contributed by atoms with E-state index in [2.05, 4.69) is 5.32 Å². The van der Waals surface area contributed by atoms with Crippen molar-refractivity contribution < 1.29 is 14.0 Å². The fraction of sp³-hybridized carbons (Fsp3) is 0.333. The summed E-state index contributed by atoms with van der Waals surface area (Å²) in [6.45, 7) is 6.32. The summed E-state index contributed by atoms with van der Waals surface area (Å²) in [5.74, 6) is -0.0309. The molecule has 190 valence electrons. The summed E-state index contributed by atoms with van der Waals surface area (Å²) in [6.07, 6.45) is 1.22. The molecule has 0 saturated heterocycles. The van der Waals surface area contributed by atoms with Crippen LogP contribution < -0.4 is 5.32 Å². The van der Waals surface area contributed by atoms with Crippen LogP contribution in [0.4, 0.5) is 4.39 Å². The predicted molar refractivity (Wildman–Crippen MR) is 146 cm³/mol. The minimum atomic E-state index is -0.663. The molecule has 1 N–H and O–H groups in total. The van der Waals surface area contributed by atoms with Crippen molar-refractivity contribution in [2.45, 2.75) is 58.0 Å². The number of amides is 2. The van der Waals surface area contributed by atoms with Gasteiger partial charge >= 0.3 is 0 Å². The lowest BCUT2D eigenvalue weighted by Gasteiger charge is -2.32. The second-order valence-corrected chi connectivity index (χ2v) is 10.1. The minimum Gasteiger partial charge on any atom is -0.352 e. The number of nitrogens with zero attached hydrogens (tertiary/aromatic N) is 1. The fourth-order valence-corrected chi connectivity index (χ4v) is 4.85. The highest BCUT2D eigenvalue weighted by atomic mass is 32.2. The Balaban J connectivity index is 1.86. The third-order valence-electron chi connectivity index (χ3n) is 6.15. The SMILES string of the molecule is CC[C@@H](C)NC(=O)[C@H](Cc1ccccc1)N(Cc1cccc(C)c1)C(=O)CSCc1ccccc1F. The Morgan fingerprint density at radius 1 is 0.972 bits per heavy atom. The van der Waals surface area contributed by atoms with E-state index >= 15 is 0 Å². The molecular formula is C30H35FN2O2S. The Morgan fingerprint density at radius 2 is 1.67 bits per heavy atom. The monoisotopic (exact) mass is 506 g/mol. The molecule has 0 spiro atoms. The maximum atomic E-state index is 14.1. The summed E-state index contributed by atoms with van der Waals surface area (Å²) in [7, 11) is 0. The van der Waals surface area contributed by atoms with Crippen LogP contribution in [0.5, 0.6) is 0 Å². The van der Waals surface area contributed by atoms with Crippen LogP contribution >= 0.6 is 11.8 Å². The lowest BCUT2D eigenvalue weighted by atomic mass is 10.0. The van der Waals surface area contributed by atoms with Gasteiger partial charge in [0.2, 0.25) is 11.8 Å². The quantitative estimate of drug-likeness (QED) is 0.332. The van der Waals surface area contributed by atoms with E-state index in [4.69, 9.17) is 0 Å². The summed E-state index contributed by atoms with van der Waals surface area (Å²) in [5.41, 5.74) is 3.62. The van der Waals surface area contributed by atoms with Crippen LogP contribution in [0.25, 0.3) is 0 Å². The van der Waals surface area contributed by atoms with E-state index in [-0.39, 0.29) is 29.4 Å². The smallest absolute Gasteiger partial charge is 0.243 e. The number of benzene rings is 3. The van der Waals surface area contributed by atoms with Crippen LogP contribution in [-0.2, 0) is 28.3 Å². The van der Waals surface area contributed by atoms with Gasteiger partial charge in [0.15, 0.2) is 0 Å². The van der Waals surface area contributed by atoms with E-state index in [1.165, 1.54) is 17.8 Å². The van der Waals surface area contributed by atoms with Gasteiger partial charge in [-0.2, -0.15) is 0 Å². The topological polar surface area (TPSA) is 49.4 Å². The van der Waals surface area contributed by atoms with Gasteiger partial charge in [-0.05, 0) is 43.0 Å². The van der Waals surface area contributed by atoms with Crippen molar-refractivity contribution in [1.82, 2.24) is 10.2 Å². The molecule has 36 heavy (non-hydrogen) atoms. The summed E-state index contributed by atoms with van der Waals surface area (Å²) < 4.78 is 14.1. The third kappa shape index (κ3) is 8.23. The Hall–Kier alpha value is -3.12. The standard InChI is InChI=1S/C30H35FN2O2S/c1-4-23(3)32-30(35)28(18-24-12-6-5-7-13-24)33(19-25-14-10-11-22(2)17-25)29(34)21-36-20-26-15-8-9-16-27(26)31/h5-17,23,28H,4,18-21H2,1-3H3,(H,32,35)/t23-,28+/m1/s1. The molecule has 2 atom stereocenters. The number of nitrogens with one attached hydrogen (secondary N) is 1. The summed E-state index contributed by atoms with van der Waals surface area (Å²) in [4.78, 5) is 28.8. The number of hydrogen-bond donors (Lipinski definition) is 1. The number of carbonyl (C=O) groups excluding carboxylic acids is 2. The lowest BCUT2D eigenvalue weighted by Crippen LogP contribution is -2.52. The van der Waals surface area contributed by atoms with Gasteiger partial charge < -0.3 is 10.2 Å².